The van der Waals surface area contributed by atoms with Crippen LogP contribution >= 0.6 is 0 Å². The van der Waals surface area contributed by atoms with Crippen LogP contribution in [-0.4, -0.2) is 55.6 Å². The first-order valence-electron chi connectivity index (χ1n) is 11.3. The van der Waals surface area contributed by atoms with Crippen molar-refractivity contribution in [2.24, 2.45) is 5.92 Å². The molecule has 9 heteroatoms. The van der Waals surface area contributed by atoms with E-state index in [1.54, 1.807) is 29.2 Å². The zero-order chi connectivity index (χ0) is 23.4. The van der Waals surface area contributed by atoms with Gasteiger partial charge >= 0.3 is 0 Å². The zero-order valence-corrected chi connectivity index (χ0v) is 19.2. The summed E-state index contributed by atoms with van der Waals surface area (Å²) in [5.41, 5.74) is 1.42. The van der Waals surface area contributed by atoms with Gasteiger partial charge in [0.05, 0.1) is 10.8 Å². The molecule has 2 aromatic rings. The highest BCUT2D eigenvalue weighted by atomic mass is 32.2. The lowest BCUT2D eigenvalue weighted by atomic mass is 10.1. The van der Waals surface area contributed by atoms with E-state index >= 15 is 0 Å². The Morgan fingerprint density at radius 2 is 1.67 bits per heavy atom. The minimum Gasteiger partial charge on any atom is -0.342 e. The molecule has 1 atom stereocenters. The van der Waals surface area contributed by atoms with Gasteiger partial charge in [0, 0.05) is 38.3 Å². The topological polar surface area (TPSA) is 86.8 Å². The summed E-state index contributed by atoms with van der Waals surface area (Å²) in [5, 5.41) is 2.80. The molecule has 0 aromatic heterocycles. The molecule has 2 amide bonds. The van der Waals surface area contributed by atoms with Gasteiger partial charge in [-0.3, -0.25) is 9.59 Å². The van der Waals surface area contributed by atoms with Crippen molar-refractivity contribution in [1.29, 1.82) is 0 Å². The fourth-order valence-electron chi connectivity index (χ4n) is 4.29. The van der Waals surface area contributed by atoms with Crippen molar-refractivity contribution < 1.29 is 22.4 Å². The fourth-order valence-corrected chi connectivity index (χ4v) is 5.80. The van der Waals surface area contributed by atoms with E-state index in [0.717, 1.165) is 24.8 Å². The van der Waals surface area contributed by atoms with Crippen molar-refractivity contribution in [1.82, 2.24) is 9.21 Å². The molecule has 7 nitrogen and oxygen atoms in total. The van der Waals surface area contributed by atoms with Crippen LogP contribution in [0.4, 0.5) is 10.1 Å². The summed E-state index contributed by atoms with van der Waals surface area (Å²) < 4.78 is 40.1. The Balaban J connectivity index is 1.31. The standard InChI is InChI=1S/C24H28FN3O4S/c25-20-6-4-18(5-7-20)12-15-27-17-19(16-23(27)29)24(30)26-21-8-10-22(11-9-21)33(31,32)28-13-2-1-3-14-28/h4-11,19H,1-3,12-17H2,(H,26,30)/t19-/m1/s1. The summed E-state index contributed by atoms with van der Waals surface area (Å²) in [6.45, 7) is 1.87. The Morgan fingerprint density at radius 1 is 1.00 bits per heavy atom. The highest BCUT2D eigenvalue weighted by molar-refractivity contribution is 7.89. The van der Waals surface area contributed by atoms with Crippen LogP contribution in [0.2, 0.25) is 0 Å². The van der Waals surface area contributed by atoms with Gasteiger partial charge in [0.15, 0.2) is 0 Å². The highest BCUT2D eigenvalue weighted by Crippen LogP contribution is 2.24. The number of halogens is 1. The number of rotatable bonds is 7. The Bertz CT molecular complexity index is 1100. The van der Waals surface area contributed by atoms with Crippen molar-refractivity contribution in [3.63, 3.8) is 0 Å². The molecule has 2 aliphatic heterocycles. The Hall–Kier alpha value is -2.78. The number of carbonyl (C=O) groups is 2. The van der Waals surface area contributed by atoms with E-state index in [1.165, 1.54) is 28.6 Å². The van der Waals surface area contributed by atoms with Gasteiger partial charge < -0.3 is 10.2 Å². The van der Waals surface area contributed by atoms with Gasteiger partial charge in [-0.25, -0.2) is 12.8 Å². The van der Waals surface area contributed by atoms with Crippen molar-refractivity contribution in [3.8, 4) is 0 Å². The number of nitrogens with one attached hydrogen (secondary N) is 1. The largest absolute Gasteiger partial charge is 0.342 e. The van der Waals surface area contributed by atoms with E-state index in [2.05, 4.69) is 5.32 Å². The van der Waals surface area contributed by atoms with E-state index in [0.29, 0.717) is 38.3 Å². The lowest BCUT2D eigenvalue weighted by Crippen LogP contribution is -2.35. The van der Waals surface area contributed by atoms with Crippen LogP contribution in [0.25, 0.3) is 0 Å². The molecule has 0 bridgehead atoms. The number of nitrogens with zero attached hydrogens (tertiary/aromatic N) is 2. The van der Waals surface area contributed by atoms with E-state index in [-0.39, 0.29) is 28.9 Å². The van der Waals surface area contributed by atoms with Gasteiger partial charge in [0.25, 0.3) is 0 Å². The fraction of sp³-hybridized carbons (Fsp3) is 0.417. The van der Waals surface area contributed by atoms with Crippen molar-refractivity contribution in [3.05, 3.63) is 59.9 Å². The molecule has 2 aliphatic rings. The van der Waals surface area contributed by atoms with Crippen LogP contribution in [0.5, 0.6) is 0 Å². The third-order valence-electron chi connectivity index (χ3n) is 6.24. The molecule has 0 spiro atoms. The molecular weight excluding hydrogens is 445 g/mol. The molecule has 2 aromatic carbocycles. The van der Waals surface area contributed by atoms with Crippen molar-refractivity contribution in [2.45, 2.75) is 37.0 Å². The predicted octanol–water partition coefficient (Wildman–Crippen LogP) is 3.03. The molecule has 2 saturated heterocycles. The molecular formula is C24H28FN3O4S. The summed E-state index contributed by atoms with van der Waals surface area (Å²) in [7, 11) is -3.52. The van der Waals surface area contributed by atoms with Crippen LogP contribution in [0.15, 0.2) is 53.4 Å². The van der Waals surface area contributed by atoms with Gasteiger partial charge in [-0.1, -0.05) is 18.6 Å². The number of amides is 2. The molecule has 0 unspecified atom stereocenters. The van der Waals surface area contributed by atoms with Gasteiger partial charge in [-0.15, -0.1) is 0 Å². The average Bonchev–Trinajstić information content (AvgIpc) is 3.20. The maximum absolute atomic E-state index is 13.0. The lowest BCUT2D eigenvalue weighted by molar-refractivity contribution is -0.128. The number of piperidine rings is 1. The number of sulfonamides is 1. The highest BCUT2D eigenvalue weighted by Gasteiger charge is 2.34. The van der Waals surface area contributed by atoms with Crippen LogP contribution in [0.1, 0.15) is 31.2 Å². The molecule has 2 fully saturated rings. The van der Waals surface area contributed by atoms with Crippen molar-refractivity contribution >= 4 is 27.5 Å². The smallest absolute Gasteiger partial charge is 0.243 e. The van der Waals surface area contributed by atoms with Gasteiger partial charge in [-0.05, 0) is 61.2 Å². The molecule has 2 heterocycles. The normalized spacial score (nSPS) is 19.6. The number of anilines is 1. The summed E-state index contributed by atoms with van der Waals surface area (Å²) in [6, 6.07) is 12.3. The molecule has 0 aliphatic carbocycles. The maximum atomic E-state index is 13.0. The van der Waals surface area contributed by atoms with Crippen molar-refractivity contribution in [2.75, 3.05) is 31.5 Å². The molecule has 4 rings (SSSR count). The van der Waals surface area contributed by atoms with E-state index in [1.807, 2.05) is 0 Å². The average molecular weight is 474 g/mol. The van der Waals surface area contributed by atoms with Crippen LogP contribution in [0, 0.1) is 11.7 Å². The second-order valence-electron chi connectivity index (χ2n) is 8.60. The molecule has 0 saturated carbocycles. The van der Waals surface area contributed by atoms with Gasteiger partial charge in [0.1, 0.15) is 5.82 Å². The minimum absolute atomic E-state index is 0.0831. The Morgan fingerprint density at radius 3 is 2.33 bits per heavy atom. The summed E-state index contributed by atoms with van der Waals surface area (Å²) in [6.07, 6.45) is 3.51. The van der Waals surface area contributed by atoms with Crippen LogP contribution in [-0.2, 0) is 26.0 Å². The first kappa shape index (κ1) is 23.4. The number of hydrogen-bond donors (Lipinski definition) is 1. The number of likely N-dealkylation sites (tertiary alicyclic amines) is 1. The molecule has 0 radical (unpaired) electrons. The Kier molecular flexibility index (Phi) is 7.09. The Labute approximate surface area is 193 Å². The lowest BCUT2D eigenvalue weighted by Gasteiger charge is -2.25. The van der Waals surface area contributed by atoms with Gasteiger partial charge in [-0.2, -0.15) is 4.31 Å². The molecule has 1 N–H and O–H groups in total. The zero-order valence-electron chi connectivity index (χ0n) is 18.4. The molecule has 33 heavy (non-hydrogen) atoms. The molecule has 176 valence electrons. The van der Waals surface area contributed by atoms with E-state index in [9.17, 15) is 22.4 Å². The summed E-state index contributed by atoms with van der Waals surface area (Å²) in [4.78, 5) is 26.9. The SMILES string of the molecule is O=C(Nc1ccc(S(=O)(=O)N2CCCCC2)cc1)[C@@H]1CC(=O)N(CCc2ccc(F)cc2)C1. The minimum atomic E-state index is -3.52. The third-order valence-corrected chi connectivity index (χ3v) is 8.16. The quantitative estimate of drug-likeness (QED) is 0.670. The third kappa shape index (κ3) is 5.59. The second kappa shape index (κ2) is 10.0. The first-order valence-corrected chi connectivity index (χ1v) is 12.7. The summed E-state index contributed by atoms with van der Waals surface area (Å²) in [5.74, 6) is -1.12. The van der Waals surface area contributed by atoms with E-state index in [4.69, 9.17) is 0 Å². The summed E-state index contributed by atoms with van der Waals surface area (Å²) >= 11 is 0. The second-order valence-corrected chi connectivity index (χ2v) is 10.5. The van der Waals surface area contributed by atoms with Crippen LogP contribution in [0.3, 0.4) is 0 Å². The first-order chi connectivity index (χ1) is 15.8. The predicted molar refractivity (Wildman–Crippen MR) is 122 cm³/mol. The van der Waals surface area contributed by atoms with E-state index < -0.39 is 15.9 Å². The monoisotopic (exact) mass is 473 g/mol. The maximum Gasteiger partial charge on any atom is 0.243 e. The van der Waals surface area contributed by atoms with Crippen LogP contribution < -0.4 is 5.32 Å². The number of carbonyl (C=O) groups excluding carboxylic acids is 2. The number of benzene rings is 2. The van der Waals surface area contributed by atoms with Gasteiger partial charge in [0.2, 0.25) is 21.8 Å². The number of hydrogen-bond acceptors (Lipinski definition) is 4.